The van der Waals surface area contributed by atoms with E-state index < -0.39 is 17.7 Å². The molecule has 0 saturated carbocycles. The molecule has 0 heterocycles. The van der Waals surface area contributed by atoms with E-state index in [1.54, 1.807) is 12.1 Å². The quantitative estimate of drug-likeness (QED) is 0.703. The van der Waals surface area contributed by atoms with Crippen LogP contribution in [0.4, 0.5) is 0 Å². The Hall–Kier alpha value is -1.35. The molecule has 19 heavy (non-hydrogen) atoms. The number of carbonyl (C=O) groups excluding carboxylic acids is 3. The summed E-state index contributed by atoms with van der Waals surface area (Å²) in [5, 5.41) is 0.407. The number of hydrogen-bond acceptors (Lipinski definition) is 3. The molecule has 6 nitrogen and oxygen atoms in total. The number of rotatable bonds is 5. The fourth-order valence-corrected chi connectivity index (χ4v) is 1.90. The van der Waals surface area contributed by atoms with E-state index in [0.717, 1.165) is 8.47 Å². The molecule has 0 aromatic heterocycles. The molecular formula is C11H11ClIN3O3. The Kier molecular flexibility index (Phi) is 5.55. The highest BCUT2D eigenvalue weighted by Crippen LogP contribution is 2.20. The van der Waals surface area contributed by atoms with Crippen LogP contribution in [0.1, 0.15) is 10.4 Å². The molecule has 0 fully saturated rings. The highest BCUT2D eigenvalue weighted by molar-refractivity contribution is 14.1. The molecule has 1 rings (SSSR count). The normalized spacial score (nSPS) is 10.0. The molecule has 8 heteroatoms. The van der Waals surface area contributed by atoms with Crippen molar-refractivity contribution in [1.82, 2.24) is 4.90 Å². The summed E-state index contributed by atoms with van der Waals surface area (Å²) in [6, 6.07) is 4.66. The maximum absolute atomic E-state index is 12.1. The van der Waals surface area contributed by atoms with Crippen LogP contribution in [-0.2, 0) is 9.59 Å². The fraction of sp³-hybridized carbons (Fsp3) is 0.182. The van der Waals surface area contributed by atoms with Crippen LogP contribution in [0.25, 0.3) is 0 Å². The molecule has 0 aliphatic carbocycles. The Bertz CT molecular complexity index is 520. The van der Waals surface area contributed by atoms with Crippen molar-refractivity contribution in [3.8, 4) is 0 Å². The number of nitrogens with zero attached hydrogens (tertiary/aromatic N) is 1. The van der Waals surface area contributed by atoms with Gasteiger partial charge < -0.3 is 16.4 Å². The third-order valence-corrected chi connectivity index (χ3v) is 3.72. The fourth-order valence-electron chi connectivity index (χ4n) is 1.39. The zero-order valence-corrected chi connectivity index (χ0v) is 12.6. The third-order valence-electron chi connectivity index (χ3n) is 2.15. The van der Waals surface area contributed by atoms with Crippen molar-refractivity contribution in [2.75, 3.05) is 13.1 Å². The van der Waals surface area contributed by atoms with E-state index in [1.807, 2.05) is 22.6 Å². The Morgan fingerprint density at radius 2 is 1.68 bits per heavy atom. The Labute approximate surface area is 128 Å². The molecule has 0 saturated heterocycles. The number of nitrogens with two attached hydrogens (primary N) is 2. The minimum atomic E-state index is -0.730. The van der Waals surface area contributed by atoms with Gasteiger partial charge in [0.25, 0.3) is 5.91 Å². The van der Waals surface area contributed by atoms with Gasteiger partial charge in [-0.25, -0.2) is 0 Å². The summed E-state index contributed by atoms with van der Waals surface area (Å²) in [6.07, 6.45) is 0. The summed E-state index contributed by atoms with van der Waals surface area (Å²) in [6.45, 7) is -0.767. The summed E-state index contributed by atoms with van der Waals surface area (Å²) in [4.78, 5) is 34.9. The maximum Gasteiger partial charge on any atom is 0.254 e. The van der Waals surface area contributed by atoms with Crippen molar-refractivity contribution in [2.24, 2.45) is 11.5 Å². The van der Waals surface area contributed by atoms with Crippen LogP contribution in [0.15, 0.2) is 18.2 Å². The van der Waals surface area contributed by atoms with E-state index in [4.69, 9.17) is 23.1 Å². The highest BCUT2D eigenvalue weighted by Gasteiger charge is 2.20. The summed E-state index contributed by atoms with van der Waals surface area (Å²) in [7, 11) is 0. The average Bonchev–Trinajstić information content (AvgIpc) is 2.29. The zero-order chi connectivity index (χ0) is 14.6. The second-order valence-corrected chi connectivity index (χ2v) is 5.29. The van der Waals surface area contributed by atoms with Gasteiger partial charge in [0.15, 0.2) is 0 Å². The summed E-state index contributed by atoms with van der Waals surface area (Å²) in [5.41, 5.74) is 10.3. The molecular weight excluding hydrogens is 384 g/mol. The van der Waals surface area contributed by atoms with E-state index in [-0.39, 0.29) is 18.7 Å². The first-order valence-electron chi connectivity index (χ1n) is 5.12. The van der Waals surface area contributed by atoms with Gasteiger partial charge in [-0.05, 0) is 40.8 Å². The summed E-state index contributed by atoms with van der Waals surface area (Å²) < 4.78 is 0.784. The van der Waals surface area contributed by atoms with Crippen LogP contribution in [0.5, 0.6) is 0 Å². The van der Waals surface area contributed by atoms with E-state index in [2.05, 4.69) is 0 Å². The first-order valence-corrected chi connectivity index (χ1v) is 6.58. The van der Waals surface area contributed by atoms with Crippen LogP contribution in [-0.4, -0.2) is 35.7 Å². The van der Waals surface area contributed by atoms with Gasteiger partial charge in [0, 0.05) is 9.13 Å². The Morgan fingerprint density at radius 3 is 2.11 bits per heavy atom. The summed E-state index contributed by atoms with van der Waals surface area (Å²) >= 11 is 7.93. The first kappa shape index (κ1) is 15.7. The monoisotopic (exact) mass is 395 g/mol. The van der Waals surface area contributed by atoms with Gasteiger partial charge in [-0.3, -0.25) is 14.4 Å². The molecule has 0 aliphatic heterocycles. The van der Waals surface area contributed by atoms with Gasteiger partial charge in [-0.15, -0.1) is 0 Å². The van der Waals surface area contributed by atoms with Crippen molar-refractivity contribution in [1.29, 1.82) is 0 Å². The number of hydrogen-bond donors (Lipinski definition) is 2. The van der Waals surface area contributed by atoms with Crippen LogP contribution in [0, 0.1) is 3.57 Å². The largest absolute Gasteiger partial charge is 0.368 e. The molecule has 0 spiro atoms. The molecule has 0 atom stereocenters. The van der Waals surface area contributed by atoms with Gasteiger partial charge in [0.2, 0.25) is 11.8 Å². The highest BCUT2D eigenvalue weighted by atomic mass is 127. The van der Waals surface area contributed by atoms with Gasteiger partial charge >= 0.3 is 0 Å². The minimum Gasteiger partial charge on any atom is -0.368 e. The SMILES string of the molecule is NC(=O)CN(CC(N)=O)C(=O)c1ccc(I)c(Cl)c1. The standard InChI is InChI=1S/C11H11ClIN3O3/c12-7-3-6(1-2-8(7)13)11(19)16(4-9(14)17)5-10(15)18/h1-3H,4-5H2,(H2,14,17)(H2,15,18). The lowest BCUT2D eigenvalue weighted by atomic mass is 10.2. The van der Waals surface area contributed by atoms with E-state index in [1.165, 1.54) is 6.07 Å². The smallest absolute Gasteiger partial charge is 0.254 e. The van der Waals surface area contributed by atoms with Crippen LogP contribution in [0.3, 0.4) is 0 Å². The third kappa shape index (κ3) is 4.67. The molecule has 4 N–H and O–H groups in total. The predicted octanol–water partition coefficient (Wildman–Crippen LogP) is 0.357. The lowest BCUT2D eigenvalue weighted by Crippen LogP contribution is -2.43. The second-order valence-electron chi connectivity index (χ2n) is 3.72. The first-order chi connectivity index (χ1) is 8.81. The number of halogens is 2. The van der Waals surface area contributed by atoms with Gasteiger partial charge in [0.05, 0.1) is 5.02 Å². The molecule has 1 aromatic rings. The topological polar surface area (TPSA) is 106 Å². The van der Waals surface area contributed by atoms with Crippen molar-refractivity contribution >= 4 is 51.9 Å². The van der Waals surface area contributed by atoms with Crippen molar-refractivity contribution in [3.05, 3.63) is 32.4 Å². The van der Waals surface area contributed by atoms with Crippen LogP contribution < -0.4 is 11.5 Å². The van der Waals surface area contributed by atoms with Gasteiger partial charge in [-0.1, -0.05) is 11.6 Å². The van der Waals surface area contributed by atoms with Gasteiger partial charge in [0.1, 0.15) is 13.1 Å². The lowest BCUT2D eigenvalue weighted by Gasteiger charge is -2.19. The number of benzene rings is 1. The van der Waals surface area contributed by atoms with Crippen molar-refractivity contribution < 1.29 is 14.4 Å². The lowest BCUT2D eigenvalue weighted by molar-refractivity contribution is -0.121. The zero-order valence-electron chi connectivity index (χ0n) is 9.73. The van der Waals surface area contributed by atoms with E-state index >= 15 is 0 Å². The molecule has 0 unspecified atom stereocenters. The van der Waals surface area contributed by atoms with E-state index in [9.17, 15) is 14.4 Å². The summed E-state index contributed by atoms with van der Waals surface area (Å²) in [5.74, 6) is -1.99. The Balaban J connectivity index is 3.00. The molecule has 102 valence electrons. The van der Waals surface area contributed by atoms with Gasteiger partial charge in [-0.2, -0.15) is 0 Å². The Morgan fingerprint density at radius 1 is 1.16 bits per heavy atom. The predicted molar refractivity (Wildman–Crippen MR) is 78.5 cm³/mol. The molecule has 0 aliphatic rings. The maximum atomic E-state index is 12.1. The molecule has 1 aromatic carbocycles. The number of carbonyl (C=O) groups is 3. The minimum absolute atomic E-state index is 0.257. The van der Waals surface area contributed by atoms with Crippen LogP contribution >= 0.6 is 34.2 Å². The molecule has 0 bridgehead atoms. The molecule has 3 amide bonds. The number of primary amides is 2. The molecule has 0 radical (unpaired) electrons. The van der Waals surface area contributed by atoms with Crippen LogP contribution in [0.2, 0.25) is 5.02 Å². The average molecular weight is 396 g/mol. The second kappa shape index (κ2) is 6.71. The van der Waals surface area contributed by atoms with Crippen molar-refractivity contribution in [3.63, 3.8) is 0 Å². The van der Waals surface area contributed by atoms with Crippen molar-refractivity contribution in [2.45, 2.75) is 0 Å². The number of amides is 3. The van der Waals surface area contributed by atoms with E-state index in [0.29, 0.717) is 5.02 Å².